The van der Waals surface area contributed by atoms with Crippen molar-refractivity contribution < 1.29 is 9.84 Å². The maximum absolute atomic E-state index is 9.72. The van der Waals surface area contributed by atoms with Crippen molar-refractivity contribution in [2.45, 2.75) is 38.7 Å². The van der Waals surface area contributed by atoms with Gasteiger partial charge in [-0.15, -0.1) is 0 Å². The lowest BCUT2D eigenvalue weighted by atomic mass is 10.1. The second-order valence-corrected chi connectivity index (χ2v) is 5.24. The molecule has 1 aromatic carbocycles. The third-order valence-electron chi connectivity index (χ3n) is 3.78. The van der Waals surface area contributed by atoms with Crippen LogP contribution in [0.1, 0.15) is 44.3 Å². The molecule has 1 N–H and O–H groups in total. The van der Waals surface area contributed by atoms with Crippen molar-refractivity contribution in [1.82, 2.24) is 4.90 Å². The van der Waals surface area contributed by atoms with Crippen molar-refractivity contribution in [2.75, 3.05) is 26.2 Å². The Morgan fingerprint density at radius 1 is 1.16 bits per heavy atom. The van der Waals surface area contributed by atoms with E-state index in [2.05, 4.69) is 4.90 Å². The first kappa shape index (κ1) is 14.4. The summed E-state index contributed by atoms with van der Waals surface area (Å²) >= 11 is 0. The van der Waals surface area contributed by atoms with E-state index in [9.17, 15) is 5.11 Å². The lowest BCUT2D eigenvalue weighted by Gasteiger charge is -2.26. The Balaban J connectivity index is 1.73. The van der Waals surface area contributed by atoms with Crippen molar-refractivity contribution in [3.63, 3.8) is 0 Å². The fourth-order valence-corrected chi connectivity index (χ4v) is 2.50. The highest BCUT2D eigenvalue weighted by molar-refractivity contribution is 5.28. The van der Waals surface area contributed by atoms with Crippen molar-refractivity contribution in [2.24, 2.45) is 0 Å². The summed E-state index contributed by atoms with van der Waals surface area (Å²) < 4.78 is 5.75. The van der Waals surface area contributed by atoms with Gasteiger partial charge < -0.3 is 9.84 Å². The predicted molar refractivity (Wildman–Crippen MR) is 77.5 cm³/mol. The Kier molecular flexibility index (Phi) is 5.67. The predicted octanol–water partition coefficient (Wildman–Crippen LogP) is 2.99. The number of rotatable bonds is 6. The fourth-order valence-electron chi connectivity index (χ4n) is 2.50. The van der Waals surface area contributed by atoms with E-state index in [4.69, 9.17) is 4.74 Å². The van der Waals surface area contributed by atoms with Crippen LogP contribution >= 0.6 is 0 Å². The molecule has 1 aliphatic heterocycles. The minimum atomic E-state index is -0.359. The Labute approximate surface area is 116 Å². The molecule has 3 nitrogen and oxygen atoms in total. The van der Waals surface area contributed by atoms with Gasteiger partial charge in [0.25, 0.3) is 0 Å². The van der Waals surface area contributed by atoms with Crippen molar-refractivity contribution in [3.05, 3.63) is 29.8 Å². The molecule has 0 aromatic heterocycles. The van der Waals surface area contributed by atoms with Crippen LogP contribution in [0.15, 0.2) is 24.3 Å². The van der Waals surface area contributed by atoms with Crippen molar-refractivity contribution in [1.29, 1.82) is 0 Å². The lowest BCUT2D eigenvalue weighted by molar-refractivity contribution is 0.173. The number of hydrogen-bond acceptors (Lipinski definition) is 3. The summed E-state index contributed by atoms with van der Waals surface area (Å²) in [5, 5.41) is 9.72. The fraction of sp³-hybridized carbons (Fsp3) is 0.625. The van der Waals surface area contributed by atoms with Crippen molar-refractivity contribution in [3.8, 4) is 5.75 Å². The summed E-state index contributed by atoms with van der Waals surface area (Å²) in [4.78, 5) is 2.47. The summed E-state index contributed by atoms with van der Waals surface area (Å²) in [6.07, 6.45) is 4.41. The van der Waals surface area contributed by atoms with Crippen LogP contribution in [-0.4, -0.2) is 36.2 Å². The topological polar surface area (TPSA) is 32.7 Å². The van der Waals surface area contributed by atoms with Gasteiger partial charge in [-0.1, -0.05) is 25.5 Å². The summed E-state index contributed by atoms with van der Waals surface area (Å²) in [6, 6.07) is 7.80. The quantitative estimate of drug-likeness (QED) is 0.856. The zero-order chi connectivity index (χ0) is 13.5. The maximum Gasteiger partial charge on any atom is 0.119 e. The molecule has 1 atom stereocenters. The van der Waals surface area contributed by atoms with Crippen LogP contribution in [0, 0.1) is 0 Å². The molecule has 106 valence electrons. The average molecular weight is 263 g/mol. The molecule has 0 aliphatic carbocycles. The Morgan fingerprint density at radius 3 is 2.47 bits per heavy atom. The van der Waals surface area contributed by atoms with E-state index >= 15 is 0 Å². The molecule has 2 rings (SSSR count). The van der Waals surface area contributed by atoms with Crippen LogP contribution in [0.5, 0.6) is 5.75 Å². The van der Waals surface area contributed by atoms with Gasteiger partial charge in [-0.05, 0) is 50.0 Å². The van der Waals surface area contributed by atoms with Crippen LogP contribution in [0.2, 0.25) is 0 Å². The molecular weight excluding hydrogens is 238 g/mol. The average Bonchev–Trinajstić information content (AvgIpc) is 2.48. The molecule has 1 aliphatic rings. The Morgan fingerprint density at radius 2 is 1.84 bits per heavy atom. The zero-order valence-corrected chi connectivity index (χ0v) is 11.8. The number of benzene rings is 1. The van der Waals surface area contributed by atoms with Gasteiger partial charge in [-0.3, -0.25) is 4.90 Å². The van der Waals surface area contributed by atoms with Gasteiger partial charge in [0.1, 0.15) is 12.4 Å². The molecule has 19 heavy (non-hydrogen) atoms. The minimum Gasteiger partial charge on any atom is -0.492 e. The molecule has 0 bridgehead atoms. The molecule has 0 amide bonds. The number of ether oxygens (including phenoxy) is 1. The van der Waals surface area contributed by atoms with Gasteiger partial charge in [-0.2, -0.15) is 0 Å². The first-order chi connectivity index (χ1) is 9.29. The van der Waals surface area contributed by atoms with Crippen LogP contribution in [0.3, 0.4) is 0 Å². The van der Waals surface area contributed by atoms with E-state index in [0.29, 0.717) is 0 Å². The number of aliphatic hydroxyl groups excluding tert-OH is 1. The molecule has 1 aromatic rings. The Bertz CT molecular complexity index is 358. The van der Waals surface area contributed by atoms with Crippen LogP contribution < -0.4 is 4.74 Å². The number of likely N-dealkylation sites (tertiary alicyclic amines) is 1. The molecule has 0 spiro atoms. The second kappa shape index (κ2) is 7.51. The van der Waals surface area contributed by atoms with Gasteiger partial charge in [0.05, 0.1) is 6.10 Å². The summed E-state index contributed by atoms with van der Waals surface area (Å²) in [5.41, 5.74) is 0.964. The Hall–Kier alpha value is -1.06. The van der Waals surface area contributed by atoms with Crippen LogP contribution in [-0.2, 0) is 0 Å². The normalized spacial score (nSPS) is 18.2. The molecule has 0 saturated carbocycles. The highest BCUT2D eigenvalue weighted by Crippen LogP contribution is 2.19. The summed E-state index contributed by atoms with van der Waals surface area (Å²) in [5.74, 6) is 0.893. The first-order valence-corrected chi connectivity index (χ1v) is 7.43. The van der Waals surface area contributed by atoms with E-state index in [0.717, 1.165) is 30.9 Å². The first-order valence-electron chi connectivity index (χ1n) is 7.43. The van der Waals surface area contributed by atoms with Gasteiger partial charge in [-0.25, -0.2) is 0 Å². The number of piperidine rings is 1. The SMILES string of the molecule is CC[C@@H](O)c1ccc(OCCN2CCCCC2)cc1. The van der Waals surface area contributed by atoms with E-state index in [1.165, 1.54) is 32.4 Å². The molecule has 1 saturated heterocycles. The standard InChI is InChI=1S/C16H25NO2/c1-2-16(18)14-6-8-15(9-7-14)19-13-12-17-10-4-3-5-11-17/h6-9,16,18H,2-5,10-13H2,1H3/t16-/m1/s1. The lowest BCUT2D eigenvalue weighted by Crippen LogP contribution is -2.33. The second-order valence-electron chi connectivity index (χ2n) is 5.24. The van der Waals surface area contributed by atoms with Crippen LogP contribution in [0.25, 0.3) is 0 Å². The third-order valence-corrected chi connectivity index (χ3v) is 3.78. The molecule has 1 fully saturated rings. The largest absolute Gasteiger partial charge is 0.492 e. The van der Waals surface area contributed by atoms with E-state index in [1.807, 2.05) is 31.2 Å². The molecule has 3 heteroatoms. The van der Waals surface area contributed by atoms with E-state index < -0.39 is 0 Å². The van der Waals surface area contributed by atoms with E-state index in [-0.39, 0.29) is 6.10 Å². The van der Waals surface area contributed by atoms with Gasteiger partial charge in [0.2, 0.25) is 0 Å². The van der Waals surface area contributed by atoms with Gasteiger partial charge in [0.15, 0.2) is 0 Å². The summed E-state index contributed by atoms with van der Waals surface area (Å²) in [7, 11) is 0. The highest BCUT2D eigenvalue weighted by atomic mass is 16.5. The molecule has 0 radical (unpaired) electrons. The maximum atomic E-state index is 9.72. The van der Waals surface area contributed by atoms with Gasteiger partial charge in [0, 0.05) is 6.54 Å². The smallest absolute Gasteiger partial charge is 0.119 e. The van der Waals surface area contributed by atoms with E-state index in [1.54, 1.807) is 0 Å². The zero-order valence-electron chi connectivity index (χ0n) is 11.8. The van der Waals surface area contributed by atoms with Crippen LogP contribution in [0.4, 0.5) is 0 Å². The summed E-state index contributed by atoms with van der Waals surface area (Å²) in [6.45, 7) is 6.17. The molecular formula is C16H25NO2. The minimum absolute atomic E-state index is 0.359. The molecule has 1 heterocycles. The van der Waals surface area contributed by atoms with Crippen molar-refractivity contribution >= 4 is 0 Å². The number of nitrogens with zero attached hydrogens (tertiary/aromatic N) is 1. The van der Waals surface area contributed by atoms with Gasteiger partial charge >= 0.3 is 0 Å². The number of hydrogen-bond donors (Lipinski definition) is 1. The molecule has 0 unspecified atom stereocenters. The third kappa shape index (κ3) is 4.51. The highest BCUT2D eigenvalue weighted by Gasteiger charge is 2.09. The number of aliphatic hydroxyl groups is 1. The monoisotopic (exact) mass is 263 g/mol.